The Morgan fingerprint density at radius 2 is 1.86 bits per heavy atom. The molecule has 0 spiro atoms. The van der Waals surface area contributed by atoms with Gasteiger partial charge in [-0.3, -0.25) is 4.79 Å². The van der Waals surface area contributed by atoms with Crippen LogP contribution in [0.15, 0.2) is 54.6 Å². The summed E-state index contributed by atoms with van der Waals surface area (Å²) < 4.78 is 5.24. The minimum Gasteiger partial charge on any atom is -0.497 e. The third-order valence-corrected chi connectivity index (χ3v) is 4.31. The smallest absolute Gasteiger partial charge is 0.274 e. The van der Waals surface area contributed by atoms with E-state index in [0.29, 0.717) is 18.2 Å². The number of para-hydroxylation sites is 1. The molecule has 0 radical (unpaired) electrons. The second-order valence-corrected chi connectivity index (χ2v) is 6.52. The SMILES string of the molecule is COc1cccc(CCNc2nc(C)cc(C(=O)Nc3ccccc3C)n2)c1. The van der Waals surface area contributed by atoms with E-state index in [2.05, 4.69) is 20.6 Å². The number of anilines is 2. The van der Waals surface area contributed by atoms with Crippen LogP contribution in [0.1, 0.15) is 27.3 Å². The van der Waals surface area contributed by atoms with E-state index in [1.807, 2.05) is 62.4 Å². The number of hydrogen-bond acceptors (Lipinski definition) is 5. The summed E-state index contributed by atoms with van der Waals surface area (Å²) in [5, 5.41) is 6.10. The molecule has 1 heterocycles. The van der Waals surface area contributed by atoms with Crippen molar-refractivity contribution in [2.75, 3.05) is 24.3 Å². The van der Waals surface area contributed by atoms with Gasteiger partial charge < -0.3 is 15.4 Å². The van der Waals surface area contributed by atoms with Crippen LogP contribution < -0.4 is 15.4 Å². The Morgan fingerprint density at radius 3 is 2.64 bits per heavy atom. The number of rotatable bonds is 7. The van der Waals surface area contributed by atoms with Crippen LogP contribution in [0, 0.1) is 13.8 Å². The van der Waals surface area contributed by atoms with Gasteiger partial charge in [-0.2, -0.15) is 0 Å². The predicted molar refractivity (Wildman–Crippen MR) is 111 cm³/mol. The highest BCUT2D eigenvalue weighted by Crippen LogP contribution is 2.16. The maximum atomic E-state index is 12.6. The molecule has 6 nitrogen and oxygen atoms in total. The van der Waals surface area contributed by atoms with Crippen molar-refractivity contribution in [1.82, 2.24) is 9.97 Å². The average Bonchev–Trinajstić information content (AvgIpc) is 2.69. The number of carbonyl (C=O) groups is 1. The fourth-order valence-electron chi connectivity index (χ4n) is 2.81. The standard InChI is InChI=1S/C22H24N4O2/c1-15-7-4-5-10-19(15)25-21(27)20-13-16(2)24-22(26-20)23-12-11-17-8-6-9-18(14-17)28-3/h4-10,13-14H,11-12H2,1-3H3,(H,25,27)(H,23,24,26). The number of benzene rings is 2. The van der Waals surface area contributed by atoms with Crippen molar-refractivity contribution in [2.45, 2.75) is 20.3 Å². The number of aromatic nitrogens is 2. The number of aryl methyl sites for hydroxylation is 2. The quantitative estimate of drug-likeness (QED) is 0.652. The highest BCUT2D eigenvalue weighted by Gasteiger charge is 2.12. The molecule has 0 fully saturated rings. The van der Waals surface area contributed by atoms with Gasteiger partial charge >= 0.3 is 0 Å². The molecule has 0 aliphatic rings. The van der Waals surface area contributed by atoms with Crippen molar-refractivity contribution in [3.05, 3.63) is 77.1 Å². The molecule has 28 heavy (non-hydrogen) atoms. The number of methoxy groups -OCH3 is 1. The molecule has 144 valence electrons. The molecule has 0 bridgehead atoms. The lowest BCUT2D eigenvalue weighted by Crippen LogP contribution is -2.17. The van der Waals surface area contributed by atoms with Gasteiger partial charge in [0.2, 0.25) is 5.95 Å². The zero-order chi connectivity index (χ0) is 19.9. The lowest BCUT2D eigenvalue weighted by atomic mass is 10.1. The number of carbonyl (C=O) groups excluding carboxylic acids is 1. The van der Waals surface area contributed by atoms with E-state index in [1.54, 1.807) is 13.2 Å². The summed E-state index contributed by atoms with van der Waals surface area (Å²) in [6.45, 7) is 4.45. The van der Waals surface area contributed by atoms with Crippen molar-refractivity contribution in [2.24, 2.45) is 0 Å². The highest BCUT2D eigenvalue weighted by atomic mass is 16.5. The van der Waals surface area contributed by atoms with Crippen LogP contribution in [0.4, 0.5) is 11.6 Å². The number of hydrogen-bond donors (Lipinski definition) is 2. The Hall–Kier alpha value is -3.41. The molecule has 2 N–H and O–H groups in total. The maximum absolute atomic E-state index is 12.6. The van der Waals surface area contributed by atoms with E-state index in [-0.39, 0.29) is 5.91 Å². The monoisotopic (exact) mass is 376 g/mol. The number of amides is 1. The van der Waals surface area contributed by atoms with Gasteiger partial charge in [-0.25, -0.2) is 9.97 Å². The Balaban J connectivity index is 1.65. The fraction of sp³-hybridized carbons (Fsp3) is 0.227. The second-order valence-electron chi connectivity index (χ2n) is 6.52. The number of nitrogens with zero attached hydrogens (tertiary/aromatic N) is 2. The molecular formula is C22H24N4O2. The first-order valence-corrected chi connectivity index (χ1v) is 9.14. The molecule has 6 heteroatoms. The molecule has 1 aromatic heterocycles. The lowest BCUT2D eigenvalue weighted by Gasteiger charge is -2.10. The summed E-state index contributed by atoms with van der Waals surface area (Å²) in [7, 11) is 1.65. The largest absolute Gasteiger partial charge is 0.497 e. The van der Waals surface area contributed by atoms with Crippen molar-refractivity contribution in [3.63, 3.8) is 0 Å². The van der Waals surface area contributed by atoms with Crippen LogP contribution in [0.5, 0.6) is 5.75 Å². The number of nitrogens with one attached hydrogen (secondary N) is 2. The first-order valence-electron chi connectivity index (χ1n) is 9.14. The Kier molecular flexibility index (Phi) is 6.22. The van der Waals surface area contributed by atoms with E-state index < -0.39 is 0 Å². The Bertz CT molecular complexity index is 972. The zero-order valence-corrected chi connectivity index (χ0v) is 16.3. The van der Waals surface area contributed by atoms with Crippen molar-refractivity contribution >= 4 is 17.5 Å². The molecule has 0 saturated carbocycles. The minimum atomic E-state index is -0.254. The summed E-state index contributed by atoms with van der Waals surface area (Å²) in [5.41, 5.74) is 3.99. The molecule has 1 amide bonds. The summed E-state index contributed by atoms with van der Waals surface area (Å²) in [5.74, 6) is 1.02. The van der Waals surface area contributed by atoms with Gasteiger partial charge in [0.25, 0.3) is 5.91 Å². The summed E-state index contributed by atoms with van der Waals surface area (Å²) in [6, 6.07) is 17.2. The molecule has 0 aliphatic heterocycles. The Morgan fingerprint density at radius 1 is 1.04 bits per heavy atom. The van der Waals surface area contributed by atoms with Crippen molar-refractivity contribution in [3.8, 4) is 5.75 Å². The second kappa shape index (κ2) is 8.99. The number of ether oxygens (including phenoxy) is 1. The zero-order valence-electron chi connectivity index (χ0n) is 16.3. The molecular weight excluding hydrogens is 352 g/mol. The van der Waals surface area contributed by atoms with Crippen LogP contribution >= 0.6 is 0 Å². The normalized spacial score (nSPS) is 10.4. The van der Waals surface area contributed by atoms with Gasteiger partial charge in [0.05, 0.1) is 7.11 Å². The topological polar surface area (TPSA) is 76.1 Å². The maximum Gasteiger partial charge on any atom is 0.274 e. The van der Waals surface area contributed by atoms with E-state index in [9.17, 15) is 4.79 Å². The van der Waals surface area contributed by atoms with Gasteiger partial charge in [0, 0.05) is 17.9 Å². The average molecular weight is 376 g/mol. The third-order valence-electron chi connectivity index (χ3n) is 4.31. The van der Waals surface area contributed by atoms with Crippen LogP contribution in [-0.2, 0) is 6.42 Å². The van der Waals surface area contributed by atoms with E-state index in [4.69, 9.17) is 4.74 Å². The van der Waals surface area contributed by atoms with Gasteiger partial charge in [0.1, 0.15) is 11.4 Å². The van der Waals surface area contributed by atoms with Crippen LogP contribution in [0.25, 0.3) is 0 Å². The minimum absolute atomic E-state index is 0.254. The summed E-state index contributed by atoms with van der Waals surface area (Å²) >= 11 is 0. The highest BCUT2D eigenvalue weighted by molar-refractivity contribution is 6.03. The van der Waals surface area contributed by atoms with Crippen LogP contribution in [0.3, 0.4) is 0 Å². The lowest BCUT2D eigenvalue weighted by molar-refractivity contribution is 0.102. The van der Waals surface area contributed by atoms with Crippen molar-refractivity contribution in [1.29, 1.82) is 0 Å². The van der Waals surface area contributed by atoms with Gasteiger partial charge in [-0.15, -0.1) is 0 Å². The van der Waals surface area contributed by atoms with Gasteiger partial charge in [0.15, 0.2) is 0 Å². The van der Waals surface area contributed by atoms with Gasteiger partial charge in [-0.05, 0) is 55.7 Å². The molecule has 0 atom stereocenters. The van der Waals surface area contributed by atoms with Gasteiger partial charge in [-0.1, -0.05) is 30.3 Å². The van der Waals surface area contributed by atoms with E-state index >= 15 is 0 Å². The molecule has 0 unspecified atom stereocenters. The molecule has 3 aromatic rings. The molecule has 2 aromatic carbocycles. The molecule has 3 rings (SSSR count). The predicted octanol–water partition coefficient (Wildman–Crippen LogP) is 4.01. The molecule has 0 saturated heterocycles. The summed E-state index contributed by atoms with van der Waals surface area (Å²) in [6.07, 6.45) is 0.791. The van der Waals surface area contributed by atoms with E-state index in [0.717, 1.165) is 34.7 Å². The van der Waals surface area contributed by atoms with Crippen molar-refractivity contribution < 1.29 is 9.53 Å². The fourth-order valence-corrected chi connectivity index (χ4v) is 2.81. The Labute approximate surface area is 165 Å². The summed E-state index contributed by atoms with van der Waals surface area (Å²) in [4.78, 5) is 21.3. The van der Waals surface area contributed by atoms with Crippen LogP contribution in [-0.4, -0.2) is 29.5 Å². The van der Waals surface area contributed by atoms with Crippen LogP contribution in [0.2, 0.25) is 0 Å². The molecule has 0 aliphatic carbocycles. The third kappa shape index (κ3) is 5.07. The first-order chi connectivity index (χ1) is 13.5. The first kappa shape index (κ1) is 19.4. The van der Waals surface area contributed by atoms with E-state index in [1.165, 1.54) is 0 Å².